The number of phenolic OH excluding ortho intramolecular Hbond substituents is 2. The molecule has 0 heterocycles. The maximum atomic E-state index is 10.8. The molecular weight excluding hydrogens is 404 g/mol. The van der Waals surface area contributed by atoms with Crippen molar-refractivity contribution in [3.63, 3.8) is 0 Å². The lowest BCUT2D eigenvalue weighted by Crippen LogP contribution is -2.00. The lowest BCUT2D eigenvalue weighted by atomic mass is 9.91. The van der Waals surface area contributed by atoms with Gasteiger partial charge in [-0.25, -0.2) is 0 Å². The van der Waals surface area contributed by atoms with E-state index >= 15 is 0 Å². The molecule has 33 heavy (non-hydrogen) atoms. The summed E-state index contributed by atoms with van der Waals surface area (Å²) in [5.41, 5.74) is 6.06. The number of fused-ring (bicyclic) bond motifs is 1. The average Bonchev–Trinajstić information content (AvgIpc) is 2.77. The molecule has 0 aliphatic rings. The van der Waals surface area contributed by atoms with Crippen molar-refractivity contribution in [1.29, 1.82) is 0 Å². The highest BCUT2D eigenvalue weighted by molar-refractivity contribution is 5.95. The Morgan fingerprint density at radius 3 is 1.94 bits per heavy atom. The summed E-state index contributed by atoms with van der Waals surface area (Å²) in [7, 11) is 0. The van der Waals surface area contributed by atoms with Gasteiger partial charge in [0.15, 0.2) is 0 Å². The van der Waals surface area contributed by atoms with Crippen LogP contribution in [0.4, 0.5) is 0 Å². The molecule has 2 rings (SSSR count). The van der Waals surface area contributed by atoms with Crippen molar-refractivity contribution >= 4 is 10.8 Å². The van der Waals surface area contributed by atoms with Gasteiger partial charge in [-0.1, -0.05) is 66.1 Å². The number of aromatic hydroxyl groups is 2. The third-order valence-corrected chi connectivity index (χ3v) is 6.69. The van der Waals surface area contributed by atoms with Crippen molar-refractivity contribution < 1.29 is 10.2 Å². The molecule has 0 amide bonds. The van der Waals surface area contributed by atoms with Gasteiger partial charge in [0.2, 0.25) is 0 Å². The summed E-state index contributed by atoms with van der Waals surface area (Å²) in [6, 6.07) is 7.53. The smallest absolute Gasteiger partial charge is 0.127 e. The fraction of sp³-hybridized carbons (Fsp3) is 0.484. The highest BCUT2D eigenvalue weighted by Gasteiger charge is 2.16. The Hall–Kier alpha value is -2.48. The first-order valence-electron chi connectivity index (χ1n) is 12.6. The lowest BCUT2D eigenvalue weighted by Gasteiger charge is -2.16. The highest BCUT2D eigenvalue weighted by Crippen LogP contribution is 2.40. The van der Waals surface area contributed by atoms with E-state index in [1.807, 2.05) is 31.2 Å². The molecule has 2 aromatic rings. The molecule has 0 spiro atoms. The molecule has 2 heteroatoms. The minimum Gasteiger partial charge on any atom is -0.507 e. The van der Waals surface area contributed by atoms with E-state index in [2.05, 4.69) is 52.8 Å². The van der Waals surface area contributed by atoms with Crippen molar-refractivity contribution in [1.82, 2.24) is 0 Å². The fourth-order valence-electron chi connectivity index (χ4n) is 4.38. The molecule has 0 saturated heterocycles. The lowest BCUT2D eigenvalue weighted by molar-refractivity contribution is 0.449. The molecule has 2 N–H and O–H groups in total. The van der Waals surface area contributed by atoms with E-state index < -0.39 is 0 Å². The second kappa shape index (κ2) is 13.3. The highest BCUT2D eigenvalue weighted by atomic mass is 16.3. The minimum atomic E-state index is 0.297. The van der Waals surface area contributed by atoms with Crippen LogP contribution in [-0.2, 0) is 6.42 Å². The Morgan fingerprint density at radius 2 is 1.33 bits per heavy atom. The predicted molar refractivity (Wildman–Crippen MR) is 144 cm³/mol. The van der Waals surface area contributed by atoms with Crippen LogP contribution < -0.4 is 0 Å². The molecule has 180 valence electrons. The summed E-state index contributed by atoms with van der Waals surface area (Å²) < 4.78 is 0. The molecule has 1 atom stereocenters. The number of hydrogen-bond acceptors (Lipinski definition) is 2. The van der Waals surface area contributed by atoms with Crippen LogP contribution in [0, 0.1) is 12.8 Å². The Bertz CT molecular complexity index is 1000. The molecule has 0 unspecified atom stereocenters. The van der Waals surface area contributed by atoms with Crippen molar-refractivity contribution in [2.75, 3.05) is 0 Å². The van der Waals surface area contributed by atoms with Crippen LogP contribution in [0.3, 0.4) is 0 Å². The second-order valence-corrected chi connectivity index (χ2v) is 10.0. The molecule has 0 aromatic heterocycles. The molecule has 0 aliphatic carbocycles. The van der Waals surface area contributed by atoms with Gasteiger partial charge < -0.3 is 10.2 Å². The number of allylic oxidation sites excluding steroid dienone is 6. The molecule has 2 aromatic carbocycles. The molecule has 0 saturated carbocycles. The van der Waals surface area contributed by atoms with Gasteiger partial charge in [-0.2, -0.15) is 0 Å². The van der Waals surface area contributed by atoms with Gasteiger partial charge in [-0.15, -0.1) is 0 Å². The molecule has 0 fully saturated rings. The molecular formula is C31H44O2. The molecule has 0 bridgehead atoms. The maximum Gasteiger partial charge on any atom is 0.127 e. The van der Waals surface area contributed by atoms with Crippen LogP contribution >= 0.6 is 0 Å². The van der Waals surface area contributed by atoms with E-state index in [4.69, 9.17) is 0 Å². The summed E-state index contributed by atoms with van der Waals surface area (Å²) in [4.78, 5) is 0. The Balaban J connectivity index is 1.80. The summed E-state index contributed by atoms with van der Waals surface area (Å²) in [5.74, 6) is 1.19. The normalized spacial score (nSPS) is 13.4. The van der Waals surface area contributed by atoms with Crippen molar-refractivity contribution in [2.24, 2.45) is 5.92 Å². The van der Waals surface area contributed by atoms with Crippen molar-refractivity contribution in [3.8, 4) is 11.5 Å². The van der Waals surface area contributed by atoms with Crippen molar-refractivity contribution in [3.05, 3.63) is 70.3 Å². The van der Waals surface area contributed by atoms with Gasteiger partial charge in [0.05, 0.1) is 0 Å². The van der Waals surface area contributed by atoms with E-state index in [0.717, 1.165) is 73.3 Å². The van der Waals surface area contributed by atoms with Crippen molar-refractivity contribution in [2.45, 2.75) is 92.9 Å². The molecule has 2 nitrogen and oxygen atoms in total. The van der Waals surface area contributed by atoms with E-state index in [9.17, 15) is 10.2 Å². The first kappa shape index (κ1) is 26.8. The zero-order valence-corrected chi connectivity index (χ0v) is 21.7. The third-order valence-electron chi connectivity index (χ3n) is 6.69. The van der Waals surface area contributed by atoms with Crippen LogP contribution in [0.2, 0.25) is 0 Å². The maximum absolute atomic E-state index is 10.8. The molecule has 0 aliphatic heterocycles. The summed E-state index contributed by atoms with van der Waals surface area (Å²) in [6.07, 6.45) is 15.7. The quantitative estimate of drug-likeness (QED) is 0.251. The van der Waals surface area contributed by atoms with Crippen LogP contribution in [0.15, 0.2) is 59.2 Å². The SMILES string of the molecule is CC(C)=CCC/C(C)=C/CC/C(C)=C/CC[C@@H](C)CCc1c(C)c(O)c2ccccc2c1O. The van der Waals surface area contributed by atoms with Gasteiger partial charge in [0.25, 0.3) is 0 Å². The van der Waals surface area contributed by atoms with Gasteiger partial charge in [0.1, 0.15) is 11.5 Å². The zero-order chi connectivity index (χ0) is 24.4. The summed E-state index contributed by atoms with van der Waals surface area (Å²) in [6.45, 7) is 13.0. The largest absolute Gasteiger partial charge is 0.507 e. The predicted octanol–water partition coefficient (Wildman–Crippen LogP) is 9.33. The number of phenols is 2. The van der Waals surface area contributed by atoms with Crippen LogP contribution in [0.25, 0.3) is 10.8 Å². The zero-order valence-electron chi connectivity index (χ0n) is 21.7. The summed E-state index contributed by atoms with van der Waals surface area (Å²) in [5, 5.41) is 22.8. The number of rotatable bonds is 12. The van der Waals surface area contributed by atoms with Crippen LogP contribution in [0.1, 0.15) is 90.7 Å². The topological polar surface area (TPSA) is 40.5 Å². The number of hydrogen-bond donors (Lipinski definition) is 2. The van der Waals surface area contributed by atoms with E-state index in [-0.39, 0.29) is 0 Å². The first-order valence-corrected chi connectivity index (χ1v) is 12.6. The summed E-state index contributed by atoms with van der Waals surface area (Å²) >= 11 is 0. The fourth-order valence-corrected chi connectivity index (χ4v) is 4.38. The van der Waals surface area contributed by atoms with Gasteiger partial charge in [0, 0.05) is 16.3 Å². The van der Waals surface area contributed by atoms with Crippen LogP contribution in [-0.4, -0.2) is 10.2 Å². The Morgan fingerprint density at radius 1 is 0.788 bits per heavy atom. The second-order valence-electron chi connectivity index (χ2n) is 10.0. The standard InChI is InChI=1S/C31H44O2/c1-22(2)12-9-13-23(3)14-10-15-24(4)16-11-17-25(5)20-21-27-26(6)30(32)28-18-7-8-19-29(28)31(27)33/h7-8,12,14,16,18-19,25,32-33H,9-11,13,15,17,20-21H2,1-6H3/b23-14+,24-16+/t25-/m1/s1. The van der Waals surface area contributed by atoms with E-state index in [0.29, 0.717) is 17.4 Å². The minimum absolute atomic E-state index is 0.297. The molecule has 0 radical (unpaired) electrons. The van der Waals surface area contributed by atoms with E-state index in [1.165, 1.54) is 16.7 Å². The van der Waals surface area contributed by atoms with Gasteiger partial charge in [-0.05, 0) is 97.5 Å². The number of benzene rings is 2. The first-order chi connectivity index (χ1) is 15.7. The van der Waals surface area contributed by atoms with Gasteiger partial charge >= 0.3 is 0 Å². The van der Waals surface area contributed by atoms with E-state index in [1.54, 1.807) is 0 Å². The monoisotopic (exact) mass is 448 g/mol. The Labute approximate surface area is 201 Å². The third kappa shape index (κ3) is 8.42. The Kier molecular flexibility index (Phi) is 10.8. The van der Waals surface area contributed by atoms with Crippen LogP contribution in [0.5, 0.6) is 11.5 Å². The average molecular weight is 449 g/mol. The van der Waals surface area contributed by atoms with Gasteiger partial charge in [-0.3, -0.25) is 0 Å².